The van der Waals surface area contributed by atoms with E-state index < -0.39 is 10.0 Å². The minimum Gasteiger partial charge on any atom is -0.379 e. The summed E-state index contributed by atoms with van der Waals surface area (Å²) < 4.78 is 37.8. The normalized spacial score (nSPS) is 19.7. The van der Waals surface area contributed by atoms with Crippen molar-refractivity contribution in [3.63, 3.8) is 0 Å². The minimum absolute atomic E-state index is 0.185. The third-order valence-corrected chi connectivity index (χ3v) is 6.90. The van der Waals surface area contributed by atoms with Crippen molar-refractivity contribution in [2.75, 3.05) is 65.7 Å². The fraction of sp³-hybridized carbons (Fsp3) is 0.611. The number of aryl methyl sites for hydroxylation is 1. The Hall–Kier alpha value is -1.52. The third kappa shape index (κ3) is 5.05. The molecule has 0 unspecified atom stereocenters. The van der Waals surface area contributed by atoms with Crippen LogP contribution in [0.4, 0.5) is 0 Å². The van der Waals surface area contributed by atoms with Gasteiger partial charge in [0.1, 0.15) is 0 Å². The van der Waals surface area contributed by atoms with Crippen LogP contribution in [-0.4, -0.2) is 89.2 Å². The van der Waals surface area contributed by atoms with E-state index in [0.29, 0.717) is 57.2 Å². The molecule has 8 nitrogen and oxygen atoms in total. The fourth-order valence-electron chi connectivity index (χ4n) is 3.20. The molecule has 0 spiro atoms. The summed E-state index contributed by atoms with van der Waals surface area (Å²) in [6.07, 6.45) is 0. The predicted octanol–water partition coefficient (Wildman–Crippen LogP) is 0.0779. The van der Waals surface area contributed by atoms with Crippen molar-refractivity contribution in [3.05, 3.63) is 29.3 Å². The van der Waals surface area contributed by atoms with Crippen LogP contribution >= 0.6 is 0 Å². The highest BCUT2D eigenvalue weighted by Crippen LogP contribution is 2.22. The number of nitrogens with one attached hydrogen (secondary N) is 1. The van der Waals surface area contributed by atoms with Crippen LogP contribution in [0.5, 0.6) is 0 Å². The molecule has 1 aromatic rings. The molecule has 0 atom stereocenters. The van der Waals surface area contributed by atoms with Gasteiger partial charge in [-0.2, -0.15) is 4.31 Å². The van der Waals surface area contributed by atoms with Crippen molar-refractivity contribution in [1.29, 1.82) is 0 Å². The van der Waals surface area contributed by atoms with Crippen LogP contribution < -0.4 is 5.32 Å². The summed E-state index contributed by atoms with van der Waals surface area (Å²) in [7, 11) is -3.64. The van der Waals surface area contributed by atoms with Gasteiger partial charge in [-0.25, -0.2) is 8.42 Å². The summed E-state index contributed by atoms with van der Waals surface area (Å²) in [5, 5.41) is 2.87. The molecule has 2 heterocycles. The van der Waals surface area contributed by atoms with Crippen LogP contribution in [0.1, 0.15) is 15.9 Å². The minimum atomic E-state index is -3.64. The quantitative estimate of drug-likeness (QED) is 0.731. The summed E-state index contributed by atoms with van der Waals surface area (Å²) in [6, 6.07) is 4.83. The number of ether oxygens (including phenoxy) is 2. The van der Waals surface area contributed by atoms with Crippen LogP contribution in [0.3, 0.4) is 0 Å². The summed E-state index contributed by atoms with van der Waals surface area (Å²) in [5.41, 5.74) is 0.987. The Morgan fingerprint density at radius 2 is 1.70 bits per heavy atom. The lowest BCUT2D eigenvalue weighted by molar-refractivity contribution is 0.0383. The highest BCUT2D eigenvalue weighted by atomic mass is 32.2. The lowest BCUT2D eigenvalue weighted by Gasteiger charge is -2.27. The summed E-state index contributed by atoms with van der Waals surface area (Å²) in [5.74, 6) is -0.262. The zero-order valence-electron chi connectivity index (χ0n) is 15.6. The van der Waals surface area contributed by atoms with Crippen LogP contribution in [0, 0.1) is 6.92 Å². The number of nitrogens with zero attached hydrogens (tertiary/aromatic N) is 2. The molecule has 1 aromatic carbocycles. The first-order chi connectivity index (χ1) is 13.0. The second kappa shape index (κ2) is 9.11. The standard InChI is InChI=1S/C18H27N3O5S/c1-15-2-3-16(18(22)19-4-5-20-6-10-25-11-7-20)14-17(15)27(23,24)21-8-12-26-13-9-21/h2-3,14H,4-13H2,1H3,(H,19,22). The molecule has 27 heavy (non-hydrogen) atoms. The number of hydrogen-bond acceptors (Lipinski definition) is 6. The highest BCUT2D eigenvalue weighted by molar-refractivity contribution is 7.89. The second-order valence-electron chi connectivity index (χ2n) is 6.71. The zero-order chi connectivity index (χ0) is 19.3. The molecule has 2 fully saturated rings. The molecule has 0 bridgehead atoms. The largest absolute Gasteiger partial charge is 0.379 e. The number of amides is 1. The maximum Gasteiger partial charge on any atom is 0.251 e. The monoisotopic (exact) mass is 397 g/mol. The topological polar surface area (TPSA) is 88.2 Å². The van der Waals surface area contributed by atoms with Gasteiger partial charge in [0.2, 0.25) is 10.0 Å². The molecular formula is C18H27N3O5S. The molecule has 0 aliphatic carbocycles. The van der Waals surface area contributed by atoms with Crippen LogP contribution in [0.15, 0.2) is 23.1 Å². The third-order valence-electron chi connectivity index (χ3n) is 4.86. The average molecular weight is 397 g/mol. The maximum absolute atomic E-state index is 12.9. The van der Waals surface area contributed by atoms with Crippen LogP contribution in [-0.2, 0) is 19.5 Å². The van der Waals surface area contributed by atoms with Crippen molar-refractivity contribution in [1.82, 2.24) is 14.5 Å². The van der Waals surface area contributed by atoms with E-state index >= 15 is 0 Å². The Labute approximate surface area is 160 Å². The Kier molecular flexibility index (Phi) is 6.83. The molecule has 2 saturated heterocycles. The van der Waals surface area contributed by atoms with Gasteiger partial charge in [0.05, 0.1) is 31.3 Å². The fourth-order valence-corrected chi connectivity index (χ4v) is 4.86. The molecule has 150 valence electrons. The van der Waals surface area contributed by atoms with E-state index in [2.05, 4.69) is 10.2 Å². The number of sulfonamides is 1. The first-order valence-electron chi connectivity index (χ1n) is 9.25. The average Bonchev–Trinajstić information content (AvgIpc) is 2.69. The summed E-state index contributed by atoms with van der Waals surface area (Å²) >= 11 is 0. The number of morpholine rings is 2. The van der Waals surface area contributed by atoms with E-state index in [1.54, 1.807) is 19.1 Å². The Balaban J connectivity index is 1.65. The van der Waals surface area contributed by atoms with Crippen molar-refractivity contribution in [3.8, 4) is 0 Å². The summed E-state index contributed by atoms with van der Waals surface area (Å²) in [4.78, 5) is 14.9. The van der Waals surface area contributed by atoms with Gasteiger partial charge in [-0.1, -0.05) is 6.07 Å². The van der Waals surface area contributed by atoms with E-state index in [4.69, 9.17) is 9.47 Å². The first kappa shape index (κ1) is 20.2. The Morgan fingerprint density at radius 3 is 2.37 bits per heavy atom. The Bertz CT molecular complexity index is 756. The lowest BCUT2D eigenvalue weighted by Crippen LogP contribution is -2.41. The van der Waals surface area contributed by atoms with Crippen LogP contribution in [0.2, 0.25) is 0 Å². The van der Waals surface area contributed by atoms with E-state index in [1.165, 1.54) is 10.4 Å². The first-order valence-corrected chi connectivity index (χ1v) is 10.7. The molecule has 2 aliphatic rings. The number of carbonyl (C=O) groups is 1. The molecule has 0 saturated carbocycles. The van der Waals surface area contributed by atoms with Gasteiger partial charge in [-0.3, -0.25) is 9.69 Å². The number of rotatable bonds is 6. The van der Waals surface area contributed by atoms with Gasteiger partial charge in [0.25, 0.3) is 5.91 Å². The zero-order valence-corrected chi connectivity index (χ0v) is 16.5. The Morgan fingerprint density at radius 1 is 1.07 bits per heavy atom. The van der Waals surface area contributed by atoms with Crippen LogP contribution in [0.25, 0.3) is 0 Å². The SMILES string of the molecule is Cc1ccc(C(=O)NCCN2CCOCC2)cc1S(=O)(=O)N1CCOCC1. The molecule has 1 N–H and O–H groups in total. The van der Waals surface area contributed by atoms with Crippen molar-refractivity contribution in [2.24, 2.45) is 0 Å². The van der Waals surface area contributed by atoms with E-state index in [0.717, 1.165) is 19.6 Å². The molecule has 2 aliphatic heterocycles. The van der Waals surface area contributed by atoms with Gasteiger partial charge in [-0.15, -0.1) is 0 Å². The van der Waals surface area contributed by atoms with E-state index in [9.17, 15) is 13.2 Å². The smallest absolute Gasteiger partial charge is 0.251 e. The number of benzene rings is 1. The molecule has 3 rings (SSSR count). The highest BCUT2D eigenvalue weighted by Gasteiger charge is 2.28. The molecule has 1 amide bonds. The molecule has 9 heteroatoms. The van der Waals surface area contributed by atoms with E-state index in [-0.39, 0.29) is 10.8 Å². The van der Waals surface area contributed by atoms with Gasteiger partial charge >= 0.3 is 0 Å². The lowest BCUT2D eigenvalue weighted by atomic mass is 10.1. The molecule has 0 aromatic heterocycles. The predicted molar refractivity (Wildman–Crippen MR) is 100 cm³/mol. The van der Waals surface area contributed by atoms with Crippen molar-refractivity contribution < 1.29 is 22.7 Å². The molecule has 0 radical (unpaired) electrons. The maximum atomic E-state index is 12.9. The number of carbonyl (C=O) groups excluding carboxylic acids is 1. The molecular weight excluding hydrogens is 370 g/mol. The van der Waals surface area contributed by atoms with Gasteiger partial charge < -0.3 is 14.8 Å². The van der Waals surface area contributed by atoms with Gasteiger partial charge in [0, 0.05) is 44.8 Å². The van der Waals surface area contributed by atoms with E-state index in [1.807, 2.05) is 0 Å². The van der Waals surface area contributed by atoms with Gasteiger partial charge in [0.15, 0.2) is 0 Å². The van der Waals surface area contributed by atoms with Crippen molar-refractivity contribution in [2.45, 2.75) is 11.8 Å². The summed E-state index contributed by atoms with van der Waals surface area (Å²) in [6.45, 7) is 7.61. The second-order valence-corrected chi connectivity index (χ2v) is 8.61. The van der Waals surface area contributed by atoms with Crippen molar-refractivity contribution >= 4 is 15.9 Å². The van der Waals surface area contributed by atoms with Gasteiger partial charge in [-0.05, 0) is 24.6 Å². The number of hydrogen-bond donors (Lipinski definition) is 1.